The fraction of sp³-hybridized carbons (Fsp3) is 0.118. The summed E-state index contributed by atoms with van der Waals surface area (Å²) in [5, 5.41) is 8.97. The minimum absolute atomic E-state index is 0.0765. The molecule has 9 nitrogen and oxygen atoms in total. The van der Waals surface area contributed by atoms with Crippen LogP contribution >= 0.6 is 0 Å². The number of anilines is 2. The summed E-state index contributed by atoms with van der Waals surface area (Å²) in [4.78, 5) is 29.5. The second-order valence-electron chi connectivity index (χ2n) is 5.33. The van der Waals surface area contributed by atoms with Crippen LogP contribution in [0.15, 0.2) is 39.5 Å². The van der Waals surface area contributed by atoms with Crippen LogP contribution in [0.4, 0.5) is 11.5 Å². The smallest absolute Gasteiger partial charge is 0.371 e. The van der Waals surface area contributed by atoms with Crippen LogP contribution in [0.5, 0.6) is 5.75 Å². The number of rotatable bonds is 5. The van der Waals surface area contributed by atoms with E-state index in [1.54, 1.807) is 31.2 Å². The number of nitrogen functional groups attached to an aromatic ring is 2. The Kier molecular flexibility index (Phi) is 4.36. The highest BCUT2D eigenvalue weighted by atomic mass is 16.5. The van der Waals surface area contributed by atoms with E-state index in [0.717, 1.165) is 0 Å². The van der Waals surface area contributed by atoms with Gasteiger partial charge in [0.15, 0.2) is 5.82 Å². The van der Waals surface area contributed by atoms with Crippen LogP contribution in [0.25, 0.3) is 22.7 Å². The molecule has 0 radical (unpaired) electrons. The molecule has 0 saturated heterocycles. The molecule has 134 valence electrons. The summed E-state index contributed by atoms with van der Waals surface area (Å²) in [6.07, 6.45) is 0. The normalized spacial score (nSPS) is 10.7. The number of aromatic nitrogens is 2. The van der Waals surface area contributed by atoms with Crippen molar-refractivity contribution >= 4 is 17.5 Å². The number of carbonyl (C=O) groups is 1. The Bertz CT molecular complexity index is 1040. The van der Waals surface area contributed by atoms with Gasteiger partial charge in [0.25, 0.3) is 5.56 Å². The molecular formula is C17H16N4O5. The van der Waals surface area contributed by atoms with Crippen LogP contribution in [0.2, 0.25) is 0 Å². The molecule has 2 heterocycles. The molecule has 0 unspecified atom stereocenters. The van der Waals surface area contributed by atoms with E-state index in [0.29, 0.717) is 29.2 Å². The second kappa shape index (κ2) is 6.63. The molecular weight excluding hydrogens is 340 g/mol. The average Bonchev–Trinajstić information content (AvgIpc) is 3.10. The molecule has 0 aliphatic carbocycles. The predicted molar refractivity (Wildman–Crippen MR) is 94.9 cm³/mol. The topological polar surface area (TPSA) is 157 Å². The summed E-state index contributed by atoms with van der Waals surface area (Å²) in [5.74, 6) is -0.398. The van der Waals surface area contributed by atoms with Gasteiger partial charge in [0.1, 0.15) is 23.0 Å². The van der Waals surface area contributed by atoms with E-state index in [1.165, 1.54) is 6.07 Å². The van der Waals surface area contributed by atoms with Gasteiger partial charge in [0, 0.05) is 5.56 Å². The van der Waals surface area contributed by atoms with Gasteiger partial charge in [-0.15, -0.1) is 0 Å². The first-order chi connectivity index (χ1) is 12.4. The lowest BCUT2D eigenvalue weighted by atomic mass is 10.1. The summed E-state index contributed by atoms with van der Waals surface area (Å²) in [7, 11) is 0. The number of nitrogens with one attached hydrogen (secondary N) is 1. The Hall–Kier alpha value is -3.75. The fourth-order valence-corrected chi connectivity index (χ4v) is 2.38. The predicted octanol–water partition coefficient (Wildman–Crippen LogP) is 1.96. The zero-order chi connectivity index (χ0) is 18.8. The molecule has 1 aromatic carbocycles. The quantitative estimate of drug-likeness (QED) is 0.540. The Morgan fingerprint density at radius 3 is 2.69 bits per heavy atom. The van der Waals surface area contributed by atoms with Gasteiger partial charge < -0.3 is 30.7 Å². The van der Waals surface area contributed by atoms with E-state index in [-0.39, 0.29) is 23.1 Å². The Morgan fingerprint density at radius 1 is 1.31 bits per heavy atom. The lowest BCUT2D eigenvalue weighted by Crippen LogP contribution is -2.17. The van der Waals surface area contributed by atoms with Crippen LogP contribution in [-0.4, -0.2) is 27.7 Å². The van der Waals surface area contributed by atoms with Crippen molar-refractivity contribution in [2.75, 3.05) is 18.1 Å². The van der Waals surface area contributed by atoms with Crippen molar-refractivity contribution in [2.45, 2.75) is 6.92 Å². The molecule has 26 heavy (non-hydrogen) atoms. The number of H-pyrrole nitrogens is 1. The largest absolute Gasteiger partial charge is 0.493 e. The van der Waals surface area contributed by atoms with E-state index < -0.39 is 11.5 Å². The molecule has 0 fully saturated rings. The SMILES string of the molecule is CCOc1cc(-c2ccc(C(=O)O)o2)ccc1-c1nc(N)c(N)c(=O)[nH]1. The standard InChI is InChI=1S/C17H16N4O5/c1-2-25-12-7-8(10-5-6-11(26-10)17(23)24)3-4-9(12)15-20-14(19)13(18)16(22)21-15/h3-7H,2,18H2,1H3,(H,23,24)(H3,19,20,21,22). The highest BCUT2D eigenvalue weighted by Crippen LogP contribution is 2.33. The number of carboxylic acid groups (broad SMARTS) is 1. The lowest BCUT2D eigenvalue weighted by Gasteiger charge is -2.12. The maximum absolute atomic E-state index is 11.8. The lowest BCUT2D eigenvalue weighted by molar-refractivity contribution is 0.0663. The first-order valence-electron chi connectivity index (χ1n) is 7.66. The summed E-state index contributed by atoms with van der Waals surface area (Å²) >= 11 is 0. The molecule has 0 atom stereocenters. The molecule has 2 aromatic heterocycles. The van der Waals surface area contributed by atoms with Crippen molar-refractivity contribution < 1.29 is 19.1 Å². The van der Waals surface area contributed by atoms with Gasteiger partial charge >= 0.3 is 5.97 Å². The van der Waals surface area contributed by atoms with E-state index in [4.69, 9.17) is 25.7 Å². The third kappa shape index (κ3) is 3.09. The van der Waals surface area contributed by atoms with Crippen LogP contribution in [0.1, 0.15) is 17.5 Å². The van der Waals surface area contributed by atoms with Crippen LogP contribution in [0, 0.1) is 0 Å². The second-order valence-corrected chi connectivity index (χ2v) is 5.33. The van der Waals surface area contributed by atoms with Gasteiger partial charge in [-0.05, 0) is 31.2 Å². The maximum Gasteiger partial charge on any atom is 0.371 e. The number of aromatic amines is 1. The molecule has 9 heteroatoms. The van der Waals surface area contributed by atoms with Crippen molar-refractivity contribution in [3.8, 4) is 28.5 Å². The average molecular weight is 356 g/mol. The summed E-state index contributed by atoms with van der Waals surface area (Å²) < 4.78 is 10.9. The zero-order valence-electron chi connectivity index (χ0n) is 13.8. The number of nitrogens with zero attached hydrogens (tertiary/aromatic N) is 1. The van der Waals surface area contributed by atoms with E-state index in [2.05, 4.69) is 9.97 Å². The Morgan fingerprint density at radius 2 is 2.08 bits per heavy atom. The molecule has 6 N–H and O–H groups in total. The number of nitrogens with two attached hydrogens (primary N) is 2. The van der Waals surface area contributed by atoms with E-state index in [1.807, 2.05) is 0 Å². The van der Waals surface area contributed by atoms with E-state index in [9.17, 15) is 9.59 Å². The van der Waals surface area contributed by atoms with Crippen molar-refractivity contribution in [1.82, 2.24) is 9.97 Å². The number of carboxylic acids is 1. The van der Waals surface area contributed by atoms with Crippen molar-refractivity contribution in [3.05, 3.63) is 46.4 Å². The van der Waals surface area contributed by atoms with Gasteiger partial charge in [0.05, 0.1) is 12.2 Å². The van der Waals surface area contributed by atoms with Crippen LogP contribution in [0.3, 0.4) is 0 Å². The van der Waals surface area contributed by atoms with E-state index >= 15 is 0 Å². The van der Waals surface area contributed by atoms with Gasteiger partial charge in [0.2, 0.25) is 5.76 Å². The summed E-state index contributed by atoms with van der Waals surface area (Å²) in [5.41, 5.74) is 11.6. The minimum atomic E-state index is -1.16. The Balaban J connectivity index is 2.10. The zero-order valence-corrected chi connectivity index (χ0v) is 13.8. The number of hydrogen-bond acceptors (Lipinski definition) is 7. The molecule has 3 rings (SSSR count). The number of benzene rings is 1. The Labute approximate surface area is 147 Å². The first-order valence-corrected chi connectivity index (χ1v) is 7.66. The highest BCUT2D eigenvalue weighted by molar-refractivity contribution is 5.85. The third-order valence-electron chi connectivity index (χ3n) is 3.62. The third-order valence-corrected chi connectivity index (χ3v) is 3.62. The fourth-order valence-electron chi connectivity index (χ4n) is 2.38. The van der Waals surface area contributed by atoms with Gasteiger partial charge in [-0.3, -0.25) is 4.79 Å². The molecule has 0 aliphatic rings. The van der Waals surface area contributed by atoms with Gasteiger partial charge in [-0.1, -0.05) is 6.07 Å². The van der Waals surface area contributed by atoms with Crippen LogP contribution < -0.4 is 21.8 Å². The number of ether oxygens (including phenoxy) is 1. The van der Waals surface area contributed by atoms with Gasteiger partial charge in [-0.25, -0.2) is 9.78 Å². The molecule has 3 aromatic rings. The first kappa shape index (κ1) is 17.1. The number of aromatic carboxylic acids is 1. The van der Waals surface area contributed by atoms with Crippen molar-refractivity contribution in [2.24, 2.45) is 0 Å². The van der Waals surface area contributed by atoms with Gasteiger partial charge in [-0.2, -0.15) is 0 Å². The maximum atomic E-state index is 11.8. The molecule has 0 bridgehead atoms. The summed E-state index contributed by atoms with van der Waals surface area (Å²) in [6, 6.07) is 7.93. The van der Waals surface area contributed by atoms with Crippen LogP contribution in [-0.2, 0) is 0 Å². The molecule has 0 spiro atoms. The number of furan rings is 1. The van der Waals surface area contributed by atoms with Crippen molar-refractivity contribution in [1.29, 1.82) is 0 Å². The minimum Gasteiger partial charge on any atom is -0.493 e. The molecule has 0 amide bonds. The molecule has 0 aliphatic heterocycles. The monoisotopic (exact) mass is 356 g/mol. The number of hydrogen-bond donors (Lipinski definition) is 4. The summed E-state index contributed by atoms with van der Waals surface area (Å²) in [6.45, 7) is 2.17. The highest BCUT2D eigenvalue weighted by Gasteiger charge is 2.16. The molecule has 0 saturated carbocycles. The van der Waals surface area contributed by atoms with Crippen molar-refractivity contribution in [3.63, 3.8) is 0 Å².